The summed E-state index contributed by atoms with van der Waals surface area (Å²) in [7, 11) is 1.94. The van der Waals surface area contributed by atoms with E-state index in [1.54, 1.807) is 6.92 Å². The molecule has 70 valence electrons. The van der Waals surface area contributed by atoms with Crippen LogP contribution in [0.5, 0.6) is 0 Å². The summed E-state index contributed by atoms with van der Waals surface area (Å²) in [5.41, 5.74) is 8.00. The number of aliphatic hydroxyl groups is 1. The molecular weight excluding hydrogens is 156 g/mol. The van der Waals surface area contributed by atoms with Gasteiger partial charge in [0.1, 0.15) is 0 Å². The number of nitrogens with zero attached hydrogens (tertiary/aromatic N) is 4. The fraction of sp³-hybridized carbons (Fsp3) is 1.00. The maximum Gasteiger partial charge on any atom is 0.0524 e. The third-order valence-corrected chi connectivity index (χ3v) is 1.57. The van der Waals surface area contributed by atoms with Crippen molar-refractivity contribution in [2.45, 2.75) is 19.4 Å². The van der Waals surface area contributed by atoms with Crippen LogP contribution in [0, 0.1) is 0 Å². The van der Waals surface area contributed by atoms with Gasteiger partial charge in [0, 0.05) is 24.5 Å². The molecule has 0 aliphatic carbocycles. The van der Waals surface area contributed by atoms with Crippen molar-refractivity contribution in [2.75, 3.05) is 26.7 Å². The minimum atomic E-state index is -0.257. The van der Waals surface area contributed by atoms with Crippen molar-refractivity contribution in [3.63, 3.8) is 0 Å². The summed E-state index contributed by atoms with van der Waals surface area (Å²) in [6, 6.07) is 0. The molecule has 0 aliphatic rings. The van der Waals surface area contributed by atoms with Gasteiger partial charge in [-0.25, -0.2) is 0 Å². The van der Waals surface area contributed by atoms with Crippen molar-refractivity contribution >= 4 is 0 Å². The molecule has 0 radical (unpaired) electrons. The number of hydrogen-bond acceptors (Lipinski definition) is 3. The molecule has 12 heavy (non-hydrogen) atoms. The number of hydrogen-bond donors (Lipinski definition) is 1. The van der Waals surface area contributed by atoms with Crippen LogP contribution in [0.4, 0.5) is 0 Å². The average molecular weight is 172 g/mol. The summed E-state index contributed by atoms with van der Waals surface area (Å²) in [6.45, 7) is 3.84. The average Bonchev–Trinajstić information content (AvgIpc) is 2.01. The van der Waals surface area contributed by atoms with Crippen LogP contribution in [0.2, 0.25) is 0 Å². The molecule has 0 aromatic carbocycles. The predicted octanol–water partition coefficient (Wildman–Crippen LogP) is 0.999. The highest BCUT2D eigenvalue weighted by molar-refractivity contribution is 4.57. The number of likely N-dealkylation sites (N-methyl/N-ethyl adjacent to an activating group) is 1. The molecule has 5 heteroatoms. The van der Waals surface area contributed by atoms with Gasteiger partial charge in [-0.15, -0.1) is 0 Å². The zero-order chi connectivity index (χ0) is 9.40. The lowest BCUT2D eigenvalue weighted by Gasteiger charge is -2.15. The van der Waals surface area contributed by atoms with Crippen LogP contribution in [0.15, 0.2) is 5.11 Å². The quantitative estimate of drug-likeness (QED) is 0.369. The van der Waals surface area contributed by atoms with E-state index in [0.29, 0.717) is 6.54 Å². The highest BCUT2D eigenvalue weighted by Gasteiger charge is 1.99. The number of azide groups is 1. The molecule has 0 heterocycles. The molecule has 0 saturated carbocycles. The van der Waals surface area contributed by atoms with E-state index in [2.05, 4.69) is 10.0 Å². The molecule has 0 aliphatic heterocycles. The normalized spacial score (nSPS) is 12.7. The second-order valence-corrected chi connectivity index (χ2v) is 2.90. The Morgan fingerprint density at radius 3 is 2.75 bits per heavy atom. The summed E-state index contributed by atoms with van der Waals surface area (Å²) >= 11 is 0. The molecule has 0 aromatic heterocycles. The summed E-state index contributed by atoms with van der Waals surface area (Å²) in [5, 5.41) is 12.4. The van der Waals surface area contributed by atoms with E-state index in [-0.39, 0.29) is 6.10 Å². The molecule has 0 saturated heterocycles. The zero-order valence-electron chi connectivity index (χ0n) is 7.64. The molecular formula is C7H16N4O. The van der Waals surface area contributed by atoms with Crippen LogP contribution in [-0.2, 0) is 0 Å². The third kappa shape index (κ3) is 7.34. The third-order valence-electron chi connectivity index (χ3n) is 1.57. The van der Waals surface area contributed by atoms with Crippen LogP contribution in [0.25, 0.3) is 10.4 Å². The van der Waals surface area contributed by atoms with Crippen molar-refractivity contribution in [1.82, 2.24) is 4.90 Å². The summed E-state index contributed by atoms with van der Waals surface area (Å²) in [4.78, 5) is 4.68. The van der Waals surface area contributed by atoms with Crippen molar-refractivity contribution in [3.8, 4) is 0 Å². The molecule has 0 fully saturated rings. The lowest BCUT2D eigenvalue weighted by atomic mass is 10.3. The lowest BCUT2D eigenvalue weighted by molar-refractivity contribution is 0.165. The largest absolute Gasteiger partial charge is 0.393 e. The SMILES string of the molecule is CC(O)CCN(C)CCN=[N+]=[N-]. The van der Waals surface area contributed by atoms with Gasteiger partial charge < -0.3 is 10.0 Å². The molecule has 0 bridgehead atoms. The highest BCUT2D eigenvalue weighted by atomic mass is 16.3. The maximum atomic E-state index is 8.96. The molecule has 0 aromatic rings. The molecule has 1 atom stereocenters. The summed E-state index contributed by atoms with van der Waals surface area (Å²) in [5.74, 6) is 0. The minimum Gasteiger partial charge on any atom is -0.393 e. The summed E-state index contributed by atoms with van der Waals surface area (Å²) < 4.78 is 0. The van der Waals surface area contributed by atoms with E-state index in [4.69, 9.17) is 10.6 Å². The Balaban J connectivity index is 3.32. The maximum absolute atomic E-state index is 8.96. The molecule has 0 spiro atoms. The van der Waals surface area contributed by atoms with Gasteiger partial charge >= 0.3 is 0 Å². The first-order valence-electron chi connectivity index (χ1n) is 4.04. The standard InChI is InChI=1S/C7H16N4O/c1-7(12)3-5-11(2)6-4-9-10-8/h7,12H,3-6H2,1-2H3. The first-order chi connectivity index (χ1) is 5.66. The fourth-order valence-electron chi connectivity index (χ4n) is 0.779. The zero-order valence-corrected chi connectivity index (χ0v) is 7.64. The Hall–Kier alpha value is -0.770. The van der Waals surface area contributed by atoms with Crippen molar-refractivity contribution in [1.29, 1.82) is 0 Å². The van der Waals surface area contributed by atoms with Gasteiger partial charge in [-0.1, -0.05) is 5.11 Å². The minimum absolute atomic E-state index is 0.257. The number of rotatable bonds is 6. The Morgan fingerprint density at radius 1 is 1.58 bits per heavy atom. The lowest BCUT2D eigenvalue weighted by Crippen LogP contribution is -2.24. The van der Waals surface area contributed by atoms with Gasteiger partial charge in [-0.3, -0.25) is 0 Å². The Kier molecular flexibility index (Phi) is 6.47. The van der Waals surface area contributed by atoms with Gasteiger partial charge in [-0.05, 0) is 25.9 Å². The Bertz CT molecular complexity index is 153. The molecule has 1 unspecified atom stereocenters. The van der Waals surface area contributed by atoms with E-state index in [1.165, 1.54) is 0 Å². The number of aliphatic hydroxyl groups excluding tert-OH is 1. The van der Waals surface area contributed by atoms with Crippen LogP contribution in [-0.4, -0.2) is 42.8 Å². The first-order valence-corrected chi connectivity index (χ1v) is 4.04. The van der Waals surface area contributed by atoms with Gasteiger partial charge in [0.2, 0.25) is 0 Å². The Labute approximate surface area is 72.6 Å². The molecule has 5 nitrogen and oxygen atoms in total. The monoisotopic (exact) mass is 172 g/mol. The second kappa shape index (κ2) is 6.91. The van der Waals surface area contributed by atoms with Crippen molar-refractivity contribution in [3.05, 3.63) is 10.4 Å². The fourth-order valence-corrected chi connectivity index (χ4v) is 0.779. The van der Waals surface area contributed by atoms with E-state index < -0.39 is 0 Å². The molecule has 0 rings (SSSR count). The second-order valence-electron chi connectivity index (χ2n) is 2.90. The highest BCUT2D eigenvalue weighted by Crippen LogP contribution is 1.92. The van der Waals surface area contributed by atoms with Crippen LogP contribution >= 0.6 is 0 Å². The van der Waals surface area contributed by atoms with Gasteiger partial charge in [0.25, 0.3) is 0 Å². The van der Waals surface area contributed by atoms with Gasteiger partial charge in [0.05, 0.1) is 6.10 Å². The molecule has 1 N–H and O–H groups in total. The smallest absolute Gasteiger partial charge is 0.0524 e. The molecule has 0 amide bonds. The van der Waals surface area contributed by atoms with Crippen LogP contribution < -0.4 is 0 Å². The van der Waals surface area contributed by atoms with Crippen LogP contribution in [0.1, 0.15) is 13.3 Å². The van der Waals surface area contributed by atoms with E-state index in [0.717, 1.165) is 19.5 Å². The van der Waals surface area contributed by atoms with Gasteiger partial charge in [-0.2, -0.15) is 0 Å². The van der Waals surface area contributed by atoms with E-state index in [1.807, 2.05) is 11.9 Å². The first kappa shape index (κ1) is 11.2. The summed E-state index contributed by atoms with van der Waals surface area (Å²) in [6.07, 6.45) is 0.499. The Morgan fingerprint density at radius 2 is 2.25 bits per heavy atom. The predicted molar refractivity (Wildman–Crippen MR) is 47.8 cm³/mol. The van der Waals surface area contributed by atoms with E-state index >= 15 is 0 Å². The van der Waals surface area contributed by atoms with E-state index in [9.17, 15) is 0 Å². The van der Waals surface area contributed by atoms with Gasteiger partial charge in [0.15, 0.2) is 0 Å². The van der Waals surface area contributed by atoms with Crippen molar-refractivity contribution < 1.29 is 5.11 Å². The topological polar surface area (TPSA) is 72.2 Å². The van der Waals surface area contributed by atoms with Crippen LogP contribution in [0.3, 0.4) is 0 Å². The van der Waals surface area contributed by atoms with Crippen molar-refractivity contribution in [2.24, 2.45) is 5.11 Å².